The van der Waals surface area contributed by atoms with Crippen LogP contribution in [0, 0.1) is 5.41 Å². The maximum absolute atomic E-state index is 12.1. The van der Waals surface area contributed by atoms with Crippen LogP contribution in [0.3, 0.4) is 0 Å². The van der Waals surface area contributed by atoms with Crippen molar-refractivity contribution in [3.05, 3.63) is 72.6 Å². The third-order valence-corrected chi connectivity index (χ3v) is 4.34. The normalized spacial score (nSPS) is 15.2. The van der Waals surface area contributed by atoms with Crippen molar-refractivity contribution in [3.63, 3.8) is 0 Å². The molecule has 0 fully saturated rings. The monoisotopic (exact) mass is 337 g/mol. The van der Waals surface area contributed by atoms with Crippen LogP contribution in [0.15, 0.2) is 67.0 Å². The summed E-state index contributed by atoms with van der Waals surface area (Å²) in [5, 5.41) is 2.34. The number of nitrogens with zero attached hydrogens (tertiary/aromatic N) is 1. The molecule has 5 nitrogen and oxygen atoms in total. The molecule has 2 aromatic rings. The third kappa shape index (κ3) is 3.01. The highest BCUT2D eigenvalue weighted by atomic mass is 16.5. The molecule has 0 saturated heterocycles. The van der Waals surface area contributed by atoms with Gasteiger partial charge in [-0.2, -0.15) is 0 Å². The van der Waals surface area contributed by atoms with Crippen LogP contribution < -0.4 is 0 Å². The van der Waals surface area contributed by atoms with Crippen LogP contribution in [-0.2, 0) is 25.6 Å². The fraction of sp³-hybridized carbons (Fsp3) is 0.200. The van der Waals surface area contributed by atoms with E-state index in [1.54, 1.807) is 12.4 Å². The van der Waals surface area contributed by atoms with E-state index in [4.69, 9.17) is 9.47 Å². The van der Waals surface area contributed by atoms with Crippen molar-refractivity contribution in [1.82, 2.24) is 4.90 Å². The molecule has 128 valence electrons. The maximum Gasteiger partial charge on any atom is 0.331 e. The molecule has 0 N–H and O–H groups in total. The van der Waals surface area contributed by atoms with Crippen molar-refractivity contribution in [2.75, 3.05) is 14.2 Å². The average molecular weight is 337 g/mol. The van der Waals surface area contributed by atoms with Crippen LogP contribution in [-0.4, -0.2) is 31.1 Å². The molecule has 0 spiro atoms. The number of fused-ring (bicyclic) bond motifs is 1. The van der Waals surface area contributed by atoms with Gasteiger partial charge in [0.2, 0.25) is 5.41 Å². The van der Waals surface area contributed by atoms with E-state index in [1.807, 2.05) is 23.1 Å². The molecule has 0 saturated carbocycles. The molecular formula is C20H19NO4. The van der Waals surface area contributed by atoms with Gasteiger partial charge in [0, 0.05) is 18.9 Å². The SMILES string of the molecule is COC(=O)C1(C(=O)OC)C=CN(Cc2cccc3ccccc23)C=C1. The molecular weight excluding hydrogens is 318 g/mol. The minimum absolute atomic E-state index is 0.618. The van der Waals surface area contributed by atoms with Crippen molar-refractivity contribution >= 4 is 22.7 Å². The molecule has 0 aromatic heterocycles. The smallest absolute Gasteiger partial charge is 0.331 e. The highest BCUT2D eigenvalue weighted by Gasteiger charge is 2.45. The number of benzene rings is 2. The minimum atomic E-state index is -1.53. The Balaban J connectivity index is 1.86. The summed E-state index contributed by atoms with van der Waals surface area (Å²) in [5.41, 5.74) is -0.380. The van der Waals surface area contributed by atoms with Gasteiger partial charge < -0.3 is 14.4 Å². The predicted molar refractivity (Wildman–Crippen MR) is 94.2 cm³/mol. The molecule has 1 aliphatic rings. The van der Waals surface area contributed by atoms with Crippen LogP contribution in [0.1, 0.15) is 5.56 Å². The lowest BCUT2D eigenvalue weighted by Crippen LogP contribution is -2.40. The van der Waals surface area contributed by atoms with Crippen LogP contribution in [0.5, 0.6) is 0 Å². The van der Waals surface area contributed by atoms with Gasteiger partial charge in [0.25, 0.3) is 0 Å². The number of rotatable bonds is 4. The summed E-state index contributed by atoms with van der Waals surface area (Å²) in [6.07, 6.45) is 6.43. The van der Waals surface area contributed by atoms with Crippen molar-refractivity contribution < 1.29 is 19.1 Å². The van der Waals surface area contributed by atoms with Crippen molar-refractivity contribution in [3.8, 4) is 0 Å². The molecule has 0 aliphatic carbocycles. The van der Waals surface area contributed by atoms with Gasteiger partial charge >= 0.3 is 11.9 Å². The summed E-state index contributed by atoms with van der Waals surface area (Å²) in [6, 6.07) is 14.3. The lowest BCUT2D eigenvalue weighted by atomic mass is 9.86. The molecule has 0 bridgehead atoms. The van der Waals surface area contributed by atoms with E-state index in [1.165, 1.54) is 37.1 Å². The maximum atomic E-state index is 12.1. The summed E-state index contributed by atoms with van der Waals surface area (Å²) in [7, 11) is 2.49. The average Bonchev–Trinajstić information content (AvgIpc) is 2.67. The first-order valence-electron chi connectivity index (χ1n) is 7.88. The van der Waals surface area contributed by atoms with Crippen LogP contribution in [0.25, 0.3) is 10.8 Å². The first kappa shape index (κ1) is 16.8. The van der Waals surface area contributed by atoms with E-state index in [0.29, 0.717) is 6.54 Å². The highest BCUT2D eigenvalue weighted by Crippen LogP contribution is 2.30. The highest BCUT2D eigenvalue weighted by molar-refractivity contribution is 6.04. The fourth-order valence-corrected chi connectivity index (χ4v) is 2.96. The molecule has 3 rings (SSSR count). The van der Waals surface area contributed by atoms with E-state index in [2.05, 4.69) is 24.3 Å². The number of methoxy groups -OCH3 is 2. The van der Waals surface area contributed by atoms with Crippen LogP contribution in [0.2, 0.25) is 0 Å². The predicted octanol–water partition coefficient (Wildman–Crippen LogP) is 3.02. The molecule has 0 amide bonds. The van der Waals surface area contributed by atoms with Gasteiger partial charge in [-0.1, -0.05) is 42.5 Å². The Morgan fingerprint density at radius 2 is 1.52 bits per heavy atom. The summed E-state index contributed by atoms with van der Waals surface area (Å²) < 4.78 is 9.53. The number of hydrogen-bond acceptors (Lipinski definition) is 5. The van der Waals surface area contributed by atoms with E-state index in [9.17, 15) is 9.59 Å². The quantitative estimate of drug-likeness (QED) is 0.634. The van der Waals surface area contributed by atoms with Crippen LogP contribution in [0.4, 0.5) is 0 Å². The number of esters is 2. The Kier molecular flexibility index (Phi) is 4.57. The standard InChI is InChI=1S/C20H19NO4/c1-24-18(22)20(19(23)25-2)10-12-21(13-11-20)14-16-8-5-7-15-6-3-4-9-17(15)16/h3-13H,14H2,1-2H3. The number of carbonyl (C=O) groups excluding carboxylic acids is 2. The fourth-order valence-electron chi connectivity index (χ4n) is 2.96. The van der Waals surface area contributed by atoms with E-state index < -0.39 is 17.4 Å². The largest absolute Gasteiger partial charge is 0.468 e. The topological polar surface area (TPSA) is 55.8 Å². The van der Waals surface area contributed by atoms with Crippen molar-refractivity contribution in [2.45, 2.75) is 6.54 Å². The van der Waals surface area contributed by atoms with Gasteiger partial charge in [-0.25, -0.2) is 0 Å². The molecule has 1 aliphatic heterocycles. The molecule has 2 aromatic carbocycles. The Hall–Kier alpha value is -3.08. The van der Waals surface area contributed by atoms with Gasteiger partial charge in [-0.3, -0.25) is 9.59 Å². The van der Waals surface area contributed by atoms with Gasteiger partial charge in [-0.05, 0) is 28.5 Å². The van der Waals surface area contributed by atoms with Gasteiger partial charge in [0.15, 0.2) is 0 Å². The molecule has 5 heteroatoms. The number of hydrogen-bond donors (Lipinski definition) is 0. The van der Waals surface area contributed by atoms with Gasteiger partial charge in [0.05, 0.1) is 14.2 Å². The van der Waals surface area contributed by atoms with E-state index in [-0.39, 0.29) is 0 Å². The van der Waals surface area contributed by atoms with Gasteiger partial charge in [-0.15, -0.1) is 0 Å². The van der Waals surface area contributed by atoms with E-state index in [0.717, 1.165) is 5.56 Å². The summed E-state index contributed by atoms with van der Waals surface area (Å²) in [5.74, 6) is -1.34. The first-order valence-corrected chi connectivity index (χ1v) is 7.88. The van der Waals surface area contributed by atoms with Crippen LogP contribution >= 0.6 is 0 Å². The summed E-state index contributed by atoms with van der Waals surface area (Å²) in [4.78, 5) is 26.1. The van der Waals surface area contributed by atoms with E-state index >= 15 is 0 Å². The zero-order chi connectivity index (χ0) is 17.9. The Morgan fingerprint density at radius 1 is 0.920 bits per heavy atom. The summed E-state index contributed by atoms with van der Waals surface area (Å²) >= 11 is 0. The molecule has 25 heavy (non-hydrogen) atoms. The lowest BCUT2D eigenvalue weighted by Gasteiger charge is -2.28. The first-order chi connectivity index (χ1) is 12.1. The van der Waals surface area contributed by atoms with Crippen molar-refractivity contribution in [1.29, 1.82) is 0 Å². The Bertz CT molecular complexity index is 832. The minimum Gasteiger partial charge on any atom is -0.468 e. The Morgan fingerprint density at radius 3 is 2.16 bits per heavy atom. The van der Waals surface area contributed by atoms with Gasteiger partial charge in [0.1, 0.15) is 0 Å². The second-order valence-electron chi connectivity index (χ2n) is 5.79. The molecule has 0 unspecified atom stereocenters. The lowest BCUT2D eigenvalue weighted by molar-refractivity contribution is -0.161. The third-order valence-electron chi connectivity index (χ3n) is 4.34. The molecule has 0 radical (unpaired) electrons. The second kappa shape index (κ2) is 6.81. The summed E-state index contributed by atoms with van der Waals surface area (Å²) in [6.45, 7) is 0.618. The molecule has 0 atom stereocenters. The zero-order valence-electron chi connectivity index (χ0n) is 14.1. The number of carbonyl (C=O) groups is 2. The van der Waals surface area contributed by atoms with Crippen molar-refractivity contribution in [2.24, 2.45) is 5.41 Å². The zero-order valence-corrected chi connectivity index (χ0v) is 14.1. The molecule has 1 heterocycles. The Labute approximate surface area is 146 Å². The number of ether oxygens (including phenoxy) is 2. The second-order valence-corrected chi connectivity index (χ2v) is 5.79.